The third-order valence-electron chi connectivity index (χ3n) is 4.19. The van der Waals surface area contributed by atoms with Gasteiger partial charge >= 0.3 is 0 Å². The van der Waals surface area contributed by atoms with Gasteiger partial charge in [-0.3, -0.25) is 5.10 Å². The largest absolute Gasteiger partial charge is 0.493 e. The van der Waals surface area contributed by atoms with Crippen molar-refractivity contribution < 1.29 is 9.47 Å². The maximum Gasteiger partial charge on any atom is 0.160 e. The number of nitrogens with zero attached hydrogens (tertiary/aromatic N) is 1. The predicted molar refractivity (Wildman–Crippen MR) is 97.9 cm³/mol. The van der Waals surface area contributed by atoms with Crippen molar-refractivity contribution in [3.63, 3.8) is 0 Å². The first-order chi connectivity index (χ1) is 12.3. The van der Waals surface area contributed by atoms with E-state index in [0.29, 0.717) is 0 Å². The van der Waals surface area contributed by atoms with Gasteiger partial charge in [0.1, 0.15) is 0 Å². The zero-order valence-electron chi connectivity index (χ0n) is 14.5. The van der Waals surface area contributed by atoms with E-state index in [2.05, 4.69) is 45.8 Å². The molecule has 0 aliphatic heterocycles. The molecular weight excluding hydrogens is 314 g/mol. The summed E-state index contributed by atoms with van der Waals surface area (Å²) in [5.74, 6) is 1.49. The number of ether oxygens (including phenoxy) is 2. The summed E-state index contributed by atoms with van der Waals surface area (Å²) >= 11 is 0. The highest BCUT2D eigenvalue weighted by molar-refractivity contribution is 5.43. The van der Waals surface area contributed by atoms with Gasteiger partial charge in [-0.05, 0) is 35.7 Å². The number of H-pyrrole nitrogens is 1. The molecule has 0 radical (unpaired) electrons. The molecule has 0 fully saturated rings. The topological polar surface area (TPSA) is 59.2 Å². The molecule has 0 bridgehead atoms. The van der Waals surface area contributed by atoms with Gasteiger partial charge in [-0.2, -0.15) is 5.10 Å². The maximum atomic E-state index is 5.42. The van der Waals surface area contributed by atoms with Gasteiger partial charge < -0.3 is 14.8 Å². The maximum absolute atomic E-state index is 5.42. The van der Waals surface area contributed by atoms with Crippen LogP contribution in [0.4, 0.5) is 0 Å². The van der Waals surface area contributed by atoms with Gasteiger partial charge in [0, 0.05) is 24.5 Å². The lowest BCUT2D eigenvalue weighted by atomic mass is 9.98. The minimum atomic E-state index is 0.183. The van der Waals surface area contributed by atoms with E-state index in [9.17, 15) is 0 Å². The molecule has 0 spiro atoms. The Kier molecular flexibility index (Phi) is 5.69. The van der Waals surface area contributed by atoms with Gasteiger partial charge in [-0.25, -0.2) is 0 Å². The molecule has 0 aliphatic rings. The van der Waals surface area contributed by atoms with Crippen LogP contribution in [0.2, 0.25) is 0 Å². The molecule has 0 saturated heterocycles. The first-order valence-corrected chi connectivity index (χ1v) is 8.27. The Morgan fingerprint density at radius 1 is 1.00 bits per heavy atom. The van der Waals surface area contributed by atoms with Crippen LogP contribution in [0.1, 0.15) is 22.9 Å². The summed E-state index contributed by atoms with van der Waals surface area (Å²) in [6.45, 7) is 0.729. The van der Waals surface area contributed by atoms with Gasteiger partial charge in [0.05, 0.1) is 14.2 Å². The van der Waals surface area contributed by atoms with Crippen LogP contribution in [0, 0.1) is 0 Å². The fraction of sp³-hybridized carbons (Fsp3) is 0.250. The summed E-state index contributed by atoms with van der Waals surface area (Å²) in [6.07, 6.45) is 2.61. The fourth-order valence-corrected chi connectivity index (χ4v) is 2.85. The quantitative estimate of drug-likeness (QED) is 0.660. The van der Waals surface area contributed by atoms with E-state index >= 15 is 0 Å². The van der Waals surface area contributed by atoms with E-state index < -0.39 is 0 Å². The molecular formula is C20H23N3O2. The van der Waals surface area contributed by atoms with Crippen molar-refractivity contribution >= 4 is 0 Å². The Labute approximate surface area is 148 Å². The Morgan fingerprint density at radius 2 is 1.80 bits per heavy atom. The Bertz CT molecular complexity index is 773. The summed E-state index contributed by atoms with van der Waals surface area (Å²) in [7, 11) is 3.31. The minimum absolute atomic E-state index is 0.183. The number of hydrogen-bond acceptors (Lipinski definition) is 4. The zero-order valence-corrected chi connectivity index (χ0v) is 14.5. The molecule has 3 rings (SSSR count). The van der Waals surface area contributed by atoms with E-state index in [4.69, 9.17) is 9.47 Å². The Hall–Kier alpha value is -2.79. The van der Waals surface area contributed by atoms with Gasteiger partial charge in [0.15, 0.2) is 11.5 Å². The van der Waals surface area contributed by atoms with Crippen molar-refractivity contribution in [3.8, 4) is 11.5 Å². The molecule has 2 aromatic carbocycles. The smallest absolute Gasteiger partial charge is 0.160 e. The van der Waals surface area contributed by atoms with Crippen LogP contribution >= 0.6 is 0 Å². The highest BCUT2D eigenvalue weighted by Crippen LogP contribution is 2.29. The third-order valence-corrected chi connectivity index (χ3v) is 4.19. The average molecular weight is 337 g/mol. The van der Waals surface area contributed by atoms with Crippen molar-refractivity contribution in [2.24, 2.45) is 0 Å². The standard InChI is InChI=1S/C20H23N3O2/c1-24-19-9-8-15(13-20(19)25-2)12-18(16-6-4-3-5-7-16)21-14-17-10-11-22-23-17/h3-11,13,18,21H,12,14H2,1-2H3,(H,22,23). The number of hydrogen-bond donors (Lipinski definition) is 2. The predicted octanol–water partition coefficient (Wildman–Crippen LogP) is 3.50. The fourth-order valence-electron chi connectivity index (χ4n) is 2.85. The van der Waals surface area contributed by atoms with E-state index in [1.807, 2.05) is 24.3 Å². The van der Waals surface area contributed by atoms with Crippen molar-refractivity contribution in [2.45, 2.75) is 19.0 Å². The Balaban J connectivity index is 1.79. The second kappa shape index (κ2) is 8.35. The number of aromatic nitrogens is 2. The zero-order chi connectivity index (χ0) is 17.5. The van der Waals surface area contributed by atoms with Gasteiger partial charge in [0.25, 0.3) is 0 Å². The van der Waals surface area contributed by atoms with Crippen LogP contribution < -0.4 is 14.8 Å². The molecule has 5 nitrogen and oxygen atoms in total. The summed E-state index contributed by atoms with van der Waals surface area (Å²) < 4.78 is 10.7. The summed E-state index contributed by atoms with van der Waals surface area (Å²) in [4.78, 5) is 0. The lowest BCUT2D eigenvalue weighted by Gasteiger charge is -2.20. The molecule has 1 aromatic heterocycles. The van der Waals surface area contributed by atoms with Crippen molar-refractivity contribution in [2.75, 3.05) is 14.2 Å². The molecule has 0 aliphatic carbocycles. The van der Waals surface area contributed by atoms with Gasteiger partial charge in [0.2, 0.25) is 0 Å². The molecule has 0 saturated carbocycles. The molecule has 3 aromatic rings. The average Bonchev–Trinajstić information content (AvgIpc) is 3.19. The molecule has 5 heteroatoms. The van der Waals surface area contributed by atoms with Crippen molar-refractivity contribution in [3.05, 3.63) is 77.6 Å². The second-order valence-corrected chi connectivity index (χ2v) is 5.82. The van der Waals surface area contributed by atoms with Crippen LogP contribution in [0.25, 0.3) is 0 Å². The molecule has 2 N–H and O–H groups in total. The lowest BCUT2D eigenvalue weighted by Crippen LogP contribution is -2.23. The highest BCUT2D eigenvalue weighted by Gasteiger charge is 2.14. The lowest BCUT2D eigenvalue weighted by molar-refractivity contribution is 0.354. The molecule has 1 unspecified atom stereocenters. The van der Waals surface area contributed by atoms with E-state index in [0.717, 1.165) is 30.2 Å². The first-order valence-electron chi connectivity index (χ1n) is 8.27. The van der Waals surface area contributed by atoms with Crippen LogP contribution in [0.3, 0.4) is 0 Å². The van der Waals surface area contributed by atoms with Gasteiger partial charge in [-0.1, -0.05) is 36.4 Å². The minimum Gasteiger partial charge on any atom is -0.493 e. The number of nitrogens with one attached hydrogen (secondary N) is 2. The van der Waals surface area contributed by atoms with Crippen molar-refractivity contribution in [1.82, 2.24) is 15.5 Å². The molecule has 0 amide bonds. The summed E-state index contributed by atoms with van der Waals surface area (Å²) in [5.41, 5.74) is 3.49. The van der Waals surface area contributed by atoms with E-state index in [1.54, 1.807) is 20.4 Å². The number of rotatable bonds is 8. The molecule has 25 heavy (non-hydrogen) atoms. The first kappa shape index (κ1) is 17.0. The number of benzene rings is 2. The third kappa shape index (κ3) is 4.39. The molecule has 130 valence electrons. The molecule has 1 heterocycles. The summed E-state index contributed by atoms with van der Waals surface area (Å²) in [5, 5.41) is 10.6. The summed E-state index contributed by atoms with van der Waals surface area (Å²) in [6, 6.07) is 18.7. The van der Waals surface area contributed by atoms with E-state index in [1.165, 1.54) is 11.1 Å². The number of aromatic amines is 1. The van der Waals surface area contributed by atoms with Gasteiger partial charge in [-0.15, -0.1) is 0 Å². The molecule has 1 atom stereocenters. The van der Waals surface area contributed by atoms with Crippen molar-refractivity contribution in [1.29, 1.82) is 0 Å². The van der Waals surface area contributed by atoms with Crippen LogP contribution in [-0.2, 0) is 13.0 Å². The van der Waals surface area contributed by atoms with Crippen LogP contribution in [0.15, 0.2) is 60.8 Å². The SMILES string of the molecule is COc1ccc(CC(NCc2ccn[nH]2)c2ccccc2)cc1OC. The Morgan fingerprint density at radius 3 is 2.48 bits per heavy atom. The highest BCUT2D eigenvalue weighted by atomic mass is 16.5. The van der Waals surface area contributed by atoms with Crippen LogP contribution in [-0.4, -0.2) is 24.4 Å². The monoisotopic (exact) mass is 337 g/mol. The normalized spacial score (nSPS) is 11.9. The van der Waals surface area contributed by atoms with E-state index in [-0.39, 0.29) is 6.04 Å². The number of methoxy groups -OCH3 is 2. The van der Waals surface area contributed by atoms with Crippen LogP contribution in [0.5, 0.6) is 11.5 Å². The second-order valence-electron chi connectivity index (χ2n) is 5.82.